The van der Waals surface area contributed by atoms with Gasteiger partial charge in [-0.3, -0.25) is 49.0 Å². The first kappa shape index (κ1) is 49.3. The Kier molecular flexibility index (Phi) is 14.6. The van der Waals surface area contributed by atoms with Crippen molar-refractivity contribution in [2.24, 2.45) is 11.5 Å². The third kappa shape index (κ3) is 11.2. The molecule has 0 atom stereocenters. The summed E-state index contributed by atoms with van der Waals surface area (Å²) in [5.74, 6) is -1.44. The SMILES string of the molecule is CCn1nc(C)cc1C(=O)Nc1nc2cc(C(N)=O)cc(OC)c2n1C/C=C/Cn1c(NC(=O)c2cc(C)nn2CC)nc2cc(C(N)=O)cc(OC/C=C/Cn3cc(CNC(=O)OC(C)(C)C)[nH]3)c21. The Morgan fingerprint density at radius 3 is 1.67 bits per heavy atom. The van der Waals surface area contributed by atoms with E-state index in [-0.39, 0.29) is 55.0 Å². The van der Waals surface area contributed by atoms with Crippen molar-refractivity contribution in [3.8, 4) is 11.5 Å². The average Bonchev–Trinajstić information content (AvgIpc) is 4.06. The van der Waals surface area contributed by atoms with Crippen molar-refractivity contribution in [3.63, 3.8) is 0 Å². The van der Waals surface area contributed by atoms with Crippen LogP contribution in [0.3, 0.4) is 0 Å². The van der Waals surface area contributed by atoms with Crippen LogP contribution in [0.15, 0.2) is 66.9 Å². The molecule has 0 aliphatic carbocycles. The van der Waals surface area contributed by atoms with E-state index in [4.69, 9.17) is 35.6 Å². The molecule has 7 rings (SSSR count). The number of nitrogens with two attached hydrogens (primary N) is 2. The predicted octanol–water partition coefficient (Wildman–Crippen LogP) is 5.19. The zero-order chi connectivity index (χ0) is 50.4. The molecule has 0 saturated heterocycles. The van der Waals surface area contributed by atoms with Crippen molar-refractivity contribution in [2.75, 3.05) is 24.4 Å². The molecule has 0 aliphatic heterocycles. The summed E-state index contributed by atoms with van der Waals surface area (Å²) in [5.41, 5.74) is 15.5. The number of imidazole rings is 2. The summed E-state index contributed by atoms with van der Waals surface area (Å²) >= 11 is 0. The van der Waals surface area contributed by atoms with E-state index >= 15 is 0 Å². The molecule has 23 heteroatoms. The molecule has 70 heavy (non-hydrogen) atoms. The molecule has 0 bridgehead atoms. The van der Waals surface area contributed by atoms with Crippen LogP contribution >= 0.6 is 0 Å². The van der Waals surface area contributed by atoms with Crippen LogP contribution in [0.1, 0.15) is 93.4 Å². The fourth-order valence-electron chi connectivity index (χ4n) is 7.61. The number of aromatic nitrogens is 10. The van der Waals surface area contributed by atoms with Gasteiger partial charge in [-0.1, -0.05) is 18.2 Å². The highest BCUT2D eigenvalue weighted by Gasteiger charge is 2.24. The van der Waals surface area contributed by atoms with Crippen LogP contribution in [0, 0.1) is 13.8 Å². The number of ether oxygens (including phenoxy) is 3. The first-order valence-electron chi connectivity index (χ1n) is 22.4. The Bertz CT molecular complexity index is 3160. The molecule has 0 spiro atoms. The first-order chi connectivity index (χ1) is 33.4. The van der Waals surface area contributed by atoms with Crippen LogP contribution in [0.2, 0.25) is 0 Å². The van der Waals surface area contributed by atoms with Crippen molar-refractivity contribution >= 4 is 63.7 Å². The average molecular weight is 960 g/mol. The number of allylic oxidation sites excluding steroid dienone is 3. The molecule has 0 saturated carbocycles. The summed E-state index contributed by atoms with van der Waals surface area (Å²) in [6, 6.07) is 9.43. The Morgan fingerprint density at radius 2 is 1.20 bits per heavy atom. The van der Waals surface area contributed by atoms with Crippen LogP contribution in [0.5, 0.6) is 11.5 Å². The lowest BCUT2D eigenvalue weighted by Crippen LogP contribution is -2.33. The highest BCUT2D eigenvalue weighted by Crippen LogP contribution is 2.33. The minimum atomic E-state index is -0.708. The van der Waals surface area contributed by atoms with Gasteiger partial charge in [0.05, 0.1) is 48.3 Å². The van der Waals surface area contributed by atoms with Gasteiger partial charge >= 0.3 is 6.09 Å². The molecular weight excluding hydrogens is 903 g/mol. The van der Waals surface area contributed by atoms with Crippen molar-refractivity contribution in [1.29, 1.82) is 0 Å². The normalized spacial score (nSPS) is 11.8. The highest BCUT2D eigenvalue weighted by atomic mass is 16.6. The lowest BCUT2D eigenvalue weighted by molar-refractivity contribution is 0.0521. The van der Waals surface area contributed by atoms with E-state index in [1.165, 1.54) is 31.4 Å². The Balaban J connectivity index is 1.19. The van der Waals surface area contributed by atoms with E-state index in [0.717, 1.165) is 5.69 Å². The van der Waals surface area contributed by atoms with Crippen molar-refractivity contribution in [1.82, 2.24) is 53.8 Å². The van der Waals surface area contributed by atoms with Gasteiger partial charge in [0.25, 0.3) is 11.8 Å². The van der Waals surface area contributed by atoms with Gasteiger partial charge in [-0.05, 0) is 90.9 Å². The minimum Gasteiger partial charge on any atom is -0.494 e. The van der Waals surface area contributed by atoms with Crippen molar-refractivity contribution < 1.29 is 38.2 Å². The minimum absolute atomic E-state index is 0.0830. The van der Waals surface area contributed by atoms with Crippen LogP contribution in [-0.4, -0.2) is 97.5 Å². The van der Waals surface area contributed by atoms with E-state index in [9.17, 15) is 24.0 Å². The number of aromatic amines is 1. The zero-order valence-corrected chi connectivity index (χ0v) is 40.2. The quantitative estimate of drug-likeness (QED) is 0.0538. The monoisotopic (exact) mass is 959 g/mol. The topological polar surface area (TPSA) is 293 Å². The Labute approximate surface area is 401 Å². The second-order valence-electron chi connectivity index (χ2n) is 17.1. The molecule has 368 valence electrons. The smallest absolute Gasteiger partial charge is 0.407 e. The third-order valence-electron chi connectivity index (χ3n) is 10.7. The summed E-state index contributed by atoms with van der Waals surface area (Å²) in [7, 11) is 1.45. The summed E-state index contributed by atoms with van der Waals surface area (Å²) in [6.45, 7) is 14.7. The second-order valence-corrected chi connectivity index (χ2v) is 17.1. The molecule has 0 fully saturated rings. The number of hydrogen-bond donors (Lipinski definition) is 6. The molecule has 23 nitrogen and oxygen atoms in total. The third-order valence-corrected chi connectivity index (χ3v) is 10.7. The van der Waals surface area contributed by atoms with E-state index < -0.39 is 35.3 Å². The fraction of sp³-hybridized carbons (Fsp3) is 0.340. The number of carbonyl (C=O) groups is 5. The number of alkyl carbamates (subject to hydrolysis) is 1. The maximum atomic E-state index is 13.9. The lowest BCUT2D eigenvalue weighted by atomic mass is 10.1. The van der Waals surface area contributed by atoms with E-state index in [1.807, 2.05) is 43.0 Å². The molecule has 8 N–H and O–H groups in total. The van der Waals surface area contributed by atoms with E-state index in [2.05, 4.69) is 31.2 Å². The number of aryl methyl sites for hydroxylation is 4. The second kappa shape index (κ2) is 20.7. The number of H-pyrrole nitrogens is 1. The number of amides is 5. The number of carbonyl (C=O) groups excluding carboxylic acids is 5. The van der Waals surface area contributed by atoms with Gasteiger partial charge in [0.15, 0.2) is 0 Å². The van der Waals surface area contributed by atoms with Crippen LogP contribution in [0.4, 0.5) is 16.7 Å². The summed E-state index contributed by atoms with van der Waals surface area (Å²) in [4.78, 5) is 74.0. The van der Waals surface area contributed by atoms with Gasteiger partial charge in [-0.15, -0.1) is 0 Å². The van der Waals surface area contributed by atoms with Crippen LogP contribution in [-0.2, 0) is 44.0 Å². The van der Waals surface area contributed by atoms with E-state index in [1.54, 1.807) is 71.3 Å². The van der Waals surface area contributed by atoms with Gasteiger partial charge in [0.2, 0.25) is 23.7 Å². The van der Waals surface area contributed by atoms with Gasteiger partial charge in [-0.25, -0.2) is 14.8 Å². The Hall–Kier alpha value is -8.63. The van der Waals surface area contributed by atoms with Gasteiger partial charge in [-0.2, -0.15) is 10.2 Å². The summed E-state index contributed by atoms with van der Waals surface area (Å²) < 4.78 is 25.7. The maximum absolute atomic E-state index is 13.9. The molecule has 0 radical (unpaired) electrons. The van der Waals surface area contributed by atoms with Gasteiger partial charge < -0.3 is 40.1 Å². The first-order valence-corrected chi connectivity index (χ1v) is 22.4. The molecule has 5 heterocycles. The number of benzene rings is 2. The molecule has 5 aromatic heterocycles. The van der Waals surface area contributed by atoms with Crippen molar-refractivity contribution in [3.05, 3.63) is 106 Å². The van der Waals surface area contributed by atoms with Gasteiger partial charge in [0, 0.05) is 43.5 Å². The summed E-state index contributed by atoms with van der Waals surface area (Å²) in [6.07, 6.45) is 8.67. The number of primary amides is 2. The molecule has 5 amide bonds. The van der Waals surface area contributed by atoms with Crippen molar-refractivity contribution in [2.45, 2.75) is 93.3 Å². The van der Waals surface area contributed by atoms with Crippen LogP contribution < -0.4 is 36.9 Å². The largest absolute Gasteiger partial charge is 0.494 e. The molecule has 0 aliphatic rings. The van der Waals surface area contributed by atoms with Gasteiger partial charge in [0.1, 0.15) is 46.1 Å². The zero-order valence-electron chi connectivity index (χ0n) is 40.2. The number of nitrogens with one attached hydrogen (secondary N) is 4. The molecule has 7 aromatic rings. The standard InChI is InChI=1S/C47H57N15O8/c1-9-61-34(19-27(3)55-61)42(65)53-44-51-32-21-29(40(48)63)23-36(68-8)38(32)59(44)16-11-12-17-60-39-33(52-45(60)54-43(66)35-20-28(4)56-62(35)10-2)22-30(41(49)64)24-37(39)69-18-14-13-15-58-26-31(57-58)25-50-46(67)70-47(5,6)7/h11-14,19-24,26,57H,9-10,15-18,25H2,1-8H3,(H2,48,63)(H2,49,64)(H,50,67)(H,51,53,65)(H,52,54,66)/b12-11+,14-13+. The highest BCUT2D eigenvalue weighted by molar-refractivity contribution is 6.05. The number of anilines is 2. The predicted molar refractivity (Wildman–Crippen MR) is 260 cm³/mol. The fourth-order valence-corrected chi connectivity index (χ4v) is 7.61. The number of fused-ring (bicyclic) bond motifs is 2. The Morgan fingerprint density at radius 1 is 0.714 bits per heavy atom. The molecular formula is C47H57N15O8. The number of rotatable bonds is 20. The van der Waals surface area contributed by atoms with Crippen LogP contribution in [0.25, 0.3) is 22.1 Å². The maximum Gasteiger partial charge on any atom is 0.407 e. The number of methoxy groups -OCH3 is 1. The number of nitrogens with zero attached hydrogens (tertiary/aromatic N) is 9. The molecule has 0 unspecified atom stereocenters. The summed E-state index contributed by atoms with van der Waals surface area (Å²) in [5, 5.41) is 20.5. The van der Waals surface area contributed by atoms with E-state index in [0.29, 0.717) is 70.2 Å². The number of hydrogen-bond acceptors (Lipinski definition) is 12. The molecule has 2 aromatic carbocycles. The lowest BCUT2D eigenvalue weighted by Gasteiger charge is -2.20.